The number of halogens is 1. The lowest BCUT2D eigenvalue weighted by molar-refractivity contribution is -0.147. The van der Waals surface area contributed by atoms with Crippen LogP contribution in [0.3, 0.4) is 0 Å². The molecule has 1 atom stereocenters. The Bertz CT molecular complexity index is 748. The van der Waals surface area contributed by atoms with Gasteiger partial charge in [0.05, 0.1) is 24.0 Å². The van der Waals surface area contributed by atoms with Gasteiger partial charge in [-0.2, -0.15) is 0 Å². The lowest BCUT2D eigenvalue weighted by Crippen LogP contribution is -2.53. The highest BCUT2D eigenvalue weighted by Gasteiger charge is 2.37. The summed E-state index contributed by atoms with van der Waals surface area (Å²) in [6.45, 7) is 1.39. The number of hydrogen-bond donors (Lipinski definition) is 0. The highest BCUT2D eigenvalue weighted by atomic mass is 35.5. The summed E-state index contributed by atoms with van der Waals surface area (Å²) in [6, 6.07) is 7.30. The van der Waals surface area contributed by atoms with Crippen molar-refractivity contribution in [3.8, 4) is 0 Å². The molecule has 0 saturated carbocycles. The van der Waals surface area contributed by atoms with Crippen molar-refractivity contribution in [3.05, 3.63) is 34.9 Å². The zero-order valence-electron chi connectivity index (χ0n) is 13.2. The molecule has 0 aromatic heterocycles. The van der Waals surface area contributed by atoms with Crippen molar-refractivity contribution in [2.24, 2.45) is 5.92 Å². The Morgan fingerprint density at radius 1 is 1.21 bits per heavy atom. The molecule has 0 aliphatic carbocycles. The van der Waals surface area contributed by atoms with Crippen LogP contribution < -0.4 is 0 Å². The van der Waals surface area contributed by atoms with Crippen LogP contribution in [0.15, 0.2) is 24.3 Å². The summed E-state index contributed by atoms with van der Waals surface area (Å²) in [5, 5.41) is 0.645. The molecule has 3 rings (SSSR count). The van der Waals surface area contributed by atoms with Crippen molar-refractivity contribution in [1.29, 1.82) is 0 Å². The maximum atomic E-state index is 12.4. The van der Waals surface area contributed by atoms with E-state index in [0.29, 0.717) is 31.1 Å². The van der Waals surface area contributed by atoms with E-state index in [2.05, 4.69) is 0 Å². The third kappa shape index (κ3) is 3.89. The van der Waals surface area contributed by atoms with Crippen LogP contribution in [-0.4, -0.2) is 61.2 Å². The SMILES string of the molecule is O=C1CN(C(=O)[C@@H]2CCS(=O)(=O)C2)CCN1Cc1ccc(Cl)cc1. The molecule has 24 heavy (non-hydrogen) atoms. The zero-order chi connectivity index (χ0) is 17.3. The van der Waals surface area contributed by atoms with Crippen molar-refractivity contribution in [2.45, 2.75) is 13.0 Å². The largest absolute Gasteiger partial charge is 0.335 e. The van der Waals surface area contributed by atoms with Gasteiger partial charge >= 0.3 is 0 Å². The minimum atomic E-state index is -3.10. The summed E-state index contributed by atoms with van der Waals surface area (Å²) in [5.41, 5.74) is 0.981. The van der Waals surface area contributed by atoms with Crippen LogP contribution in [0, 0.1) is 5.92 Å². The number of carbonyl (C=O) groups excluding carboxylic acids is 2. The van der Waals surface area contributed by atoms with Crippen molar-refractivity contribution in [2.75, 3.05) is 31.1 Å². The van der Waals surface area contributed by atoms with Crippen LogP contribution in [0.25, 0.3) is 0 Å². The Hall–Kier alpha value is -1.60. The van der Waals surface area contributed by atoms with Crippen LogP contribution in [0.1, 0.15) is 12.0 Å². The fraction of sp³-hybridized carbons (Fsp3) is 0.500. The summed E-state index contributed by atoms with van der Waals surface area (Å²) < 4.78 is 23.0. The molecule has 0 unspecified atom stereocenters. The number of amides is 2. The molecule has 2 heterocycles. The fourth-order valence-corrected chi connectivity index (χ4v) is 4.98. The van der Waals surface area contributed by atoms with E-state index in [0.717, 1.165) is 5.56 Å². The summed E-state index contributed by atoms with van der Waals surface area (Å²) in [4.78, 5) is 27.9. The second kappa shape index (κ2) is 6.72. The summed E-state index contributed by atoms with van der Waals surface area (Å²) in [6.07, 6.45) is 0.361. The highest BCUT2D eigenvalue weighted by molar-refractivity contribution is 7.91. The molecule has 0 radical (unpaired) electrons. The molecule has 2 fully saturated rings. The number of rotatable bonds is 3. The molecule has 2 aliphatic rings. The van der Waals surface area contributed by atoms with Crippen LogP contribution >= 0.6 is 11.6 Å². The number of benzene rings is 1. The average molecular weight is 371 g/mol. The quantitative estimate of drug-likeness (QED) is 0.793. The summed E-state index contributed by atoms with van der Waals surface area (Å²) in [5.74, 6) is -0.856. The fourth-order valence-electron chi connectivity index (χ4n) is 3.12. The monoisotopic (exact) mass is 370 g/mol. The number of nitrogens with zero attached hydrogens (tertiary/aromatic N) is 2. The first-order valence-electron chi connectivity index (χ1n) is 7.85. The minimum absolute atomic E-state index is 0.0168. The van der Waals surface area contributed by atoms with Crippen molar-refractivity contribution >= 4 is 33.3 Å². The molecule has 0 bridgehead atoms. The summed E-state index contributed by atoms with van der Waals surface area (Å²) in [7, 11) is -3.10. The third-order valence-electron chi connectivity index (χ3n) is 4.50. The van der Waals surface area contributed by atoms with Gasteiger partial charge in [0.15, 0.2) is 9.84 Å². The molecule has 2 saturated heterocycles. The predicted molar refractivity (Wildman–Crippen MR) is 90.2 cm³/mol. The number of carbonyl (C=O) groups is 2. The molecule has 1 aromatic rings. The Kier molecular flexibility index (Phi) is 4.83. The first-order chi connectivity index (χ1) is 11.3. The second-order valence-corrected chi connectivity index (χ2v) is 8.97. The van der Waals surface area contributed by atoms with Gasteiger partial charge < -0.3 is 9.80 Å². The number of hydrogen-bond acceptors (Lipinski definition) is 4. The van der Waals surface area contributed by atoms with Gasteiger partial charge in [0, 0.05) is 24.7 Å². The van der Waals surface area contributed by atoms with Crippen LogP contribution in [0.2, 0.25) is 5.02 Å². The van der Waals surface area contributed by atoms with Crippen molar-refractivity contribution in [3.63, 3.8) is 0 Å². The van der Waals surface area contributed by atoms with E-state index in [1.807, 2.05) is 12.1 Å². The molecule has 130 valence electrons. The Balaban J connectivity index is 1.58. The van der Waals surface area contributed by atoms with Gasteiger partial charge in [-0.05, 0) is 24.1 Å². The Morgan fingerprint density at radius 2 is 1.92 bits per heavy atom. The molecule has 1 aromatic carbocycles. The van der Waals surface area contributed by atoms with E-state index >= 15 is 0 Å². The standard InChI is InChI=1S/C16H19ClN2O4S/c17-14-3-1-12(2-4-14)9-18-6-7-19(10-15(18)20)16(21)13-5-8-24(22,23)11-13/h1-4,13H,5-11H2/t13-/m1/s1. The molecule has 0 spiro atoms. The maximum Gasteiger partial charge on any atom is 0.242 e. The second-order valence-electron chi connectivity index (χ2n) is 6.30. The molecule has 0 N–H and O–H groups in total. The van der Waals surface area contributed by atoms with Crippen molar-refractivity contribution in [1.82, 2.24) is 9.80 Å². The number of piperazine rings is 1. The van der Waals surface area contributed by atoms with E-state index in [4.69, 9.17) is 11.6 Å². The smallest absolute Gasteiger partial charge is 0.242 e. The van der Waals surface area contributed by atoms with Gasteiger partial charge in [-0.15, -0.1) is 0 Å². The van der Waals surface area contributed by atoms with Crippen LogP contribution in [0.5, 0.6) is 0 Å². The highest BCUT2D eigenvalue weighted by Crippen LogP contribution is 2.22. The van der Waals surface area contributed by atoms with Gasteiger partial charge in [0.2, 0.25) is 11.8 Å². The Morgan fingerprint density at radius 3 is 2.50 bits per heavy atom. The van der Waals surface area contributed by atoms with E-state index < -0.39 is 15.8 Å². The van der Waals surface area contributed by atoms with E-state index in [9.17, 15) is 18.0 Å². The lowest BCUT2D eigenvalue weighted by Gasteiger charge is -2.35. The van der Waals surface area contributed by atoms with E-state index in [-0.39, 0.29) is 29.9 Å². The summed E-state index contributed by atoms with van der Waals surface area (Å²) >= 11 is 5.85. The predicted octanol–water partition coefficient (Wildman–Crippen LogP) is 0.946. The molecular formula is C16H19ClN2O4S. The van der Waals surface area contributed by atoms with Crippen molar-refractivity contribution < 1.29 is 18.0 Å². The van der Waals surface area contributed by atoms with Gasteiger partial charge in [-0.1, -0.05) is 23.7 Å². The Labute approximate surface area is 146 Å². The van der Waals surface area contributed by atoms with Gasteiger partial charge in [-0.3, -0.25) is 9.59 Å². The molecule has 8 heteroatoms. The molecule has 2 aliphatic heterocycles. The molecular weight excluding hydrogens is 352 g/mol. The topological polar surface area (TPSA) is 74.8 Å². The maximum absolute atomic E-state index is 12.4. The third-order valence-corrected chi connectivity index (χ3v) is 6.52. The van der Waals surface area contributed by atoms with E-state index in [1.165, 1.54) is 4.90 Å². The average Bonchev–Trinajstić information content (AvgIpc) is 2.91. The van der Waals surface area contributed by atoms with E-state index in [1.54, 1.807) is 17.0 Å². The van der Waals surface area contributed by atoms with Gasteiger partial charge in [0.1, 0.15) is 0 Å². The first-order valence-corrected chi connectivity index (χ1v) is 10.1. The lowest BCUT2D eigenvalue weighted by atomic mass is 10.1. The van der Waals surface area contributed by atoms with Crippen LogP contribution in [0.4, 0.5) is 0 Å². The van der Waals surface area contributed by atoms with Gasteiger partial charge in [0.25, 0.3) is 0 Å². The van der Waals surface area contributed by atoms with Gasteiger partial charge in [-0.25, -0.2) is 8.42 Å². The minimum Gasteiger partial charge on any atom is -0.335 e. The zero-order valence-corrected chi connectivity index (χ0v) is 14.7. The number of sulfone groups is 1. The van der Waals surface area contributed by atoms with Crippen LogP contribution in [-0.2, 0) is 26.0 Å². The molecule has 2 amide bonds. The normalized spacial score (nSPS) is 23.5. The first kappa shape index (κ1) is 17.2. The molecule has 6 nitrogen and oxygen atoms in total.